The van der Waals surface area contributed by atoms with Crippen LogP contribution < -0.4 is 5.32 Å². The lowest BCUT2D eigenvalue weighted by molar-refractivity contribution is -0.136. The lowest BCUT2D eigenvalue weighted by Crippen LogP contribution is -2.50. The molecule has 0 spiro atoms. The molecule has 0 radical (unpaired) electrons. The summed E-state index contributed by atoms with van der Waals surface area (Å²) in [5.41, 5.74) is 2.17. The van der Waals surface area contributed by atoms with E-state index in [2.05, 4.69) is 10.3 Å². The van der Waals surface area contributed by atoms with Gasteiger partial charge in [-0.1, -0.05) is 0 Å². The number of pyridine rings is 1. The number of aromatic nitrogens is 1. The van der Waals surface area contributed by atoms with Gasteiger partial charge in [0.05, 0.1) is 13.1 Å². The monoisotopic (exact) mass is 219 g/mol. The molecule has 0 aromatic carbocycles. The van der Waals surface area contributed by atoms with E-state index in [0.29, 0.717) is 6.54 Å². The van der Waals surface area contributed by atoms with Crippen molar-refractivity contribution in [2.24, 2.45) is 0 Å². The average Bonchev–Trinajstić information content (AvgIpc) is 2.20. The second-order valence-corrected chi connectivity index (χ2v) is 3.92. The van der Waals surface area contributed by atoms with E-state index in [1.807, 2.05) is 17.9 Å². The number of rotatable bonds is 2. The molecule has 0 atom stereocenters. The van der Waals surface area contributed by atoms with E-state index in [9.17, 15) is 9.59 Å². The minimum Gasteiger partial charge on any atom is -0.294 e. The van der Waals surface area contributed by atoms with Gasteiger partial charge in [0, 0.05) is 18.9 Å². The van der Waals surface area contributed by atoms with Crippen molar-refractivity contribution in [1.29, 1.82) is 0 Å². The Labute approximate surface area is 93.5 Å². The maximum atomic E-state index is 11.2. The molecule has 84 valence electrons. The first kappa shape index (κ1) is 10.8. The Balaban J connectivity index is 2.07. The third-order valence-electron chi connectivity index (χ3n) is 2.55. The van der Waals surface area contributed by atoms with Gasteiger partial charge in [-0.25, -0.2) is 0 Å². The lowest BCUT2D eigenvalue weighted by Gasteiger charge is -2.25. The first-order valence-electron chi connectivity index (χ1n) is 5.09. The van der Waals surface area contributed by atoms with E-state index in [-0.39, 0.29) is 24.9 Å². The van der Waals surface area contributed by atoms with Crippen LogP contribution in [0.2, 0.25) is 0 Å². The summed E-state index contributed by atoms with van der Waals surface area (Å²) in [5, 5.41) is 2.27. The van der Waals surface area contributed by atoms with Crippen LogP contribution in [0.1, 0.15) is 11.1 Å². The molecule has 1 saturated heterocycles. The molecule has 0 unspecified atom stereocenters. The number of piperazine rings is 1. The molecule has 0 saturated carbocycles. The van der Waals surface area contributed by atoms with Gasteiger partial charge in [0.1, 0.15) is 0 Å². The number of amides is 2. The highest BCUT2D eigenvalue weighted by molar-refractivity contribution is 5.99. The van der Waals surface area contributed by atoms with Gasteiger partial charge < -0.3 is 0 Å². The molecule has 1 fully saturated rings. The van der Waals surface area contributed by atoms with Crippen molar-refractivity contribution < 1.29 is 9.59 Å². The van der Waals surface area contributed by atoms with E-state index in [1.54, 1.807) is 12.4 Å². The van der Waals surface area contributed by atoms with E-state index in [1.165, 1.54) is 0 Å². The summed E-state index contributed by atoms with van der Waals surface area (Å²) in [6.07, 6.45) is 3.50. The predicted octanol–water partition coefficient (Wildman–Crippen LogP) is -0.152. The van der Waals surface area contributed by atoms with Crippen LogP contribution in [0.15, 0.2) is 18.5 Å². The van der Waals surface area contributed by atoms with Gasteiger partial charge >= 0.3 is 0 Å². The van der Waals surface area contributed by atoms with Crippen molar-refractivity contribution in [3.8, 4) is 0 Å². The third kappa shape index (κ3) is 2.43. The molecule has 1 aromatic heterocycles. The Bertz CT molecular complexity index is 415. The van der Waals surface area contributed by atoms with Crippen molar-refractivity contribution in [2.75, 3.05) is 13.1 Å². The second-order valence-electron chi connectivity index (χ2n) is 3.92. The molecular formula is C11H13N3O2. The Morgan fingerprint density at radius 3 is 2.69 bits per heavy atom. The van der Waals surface area contributed by atoms with Gasteiger partial charge in [-0.05, 0) is 24.1 Å². The van der Waals surface area contributed by atoms with Gasteiger partial charge in [-0.15, -0.1) is 0 Å². The predicted molar refractivity (Wildman–Crippen MR) is 57.4 cm³/mol. The maximum absolute atomic E-state index is 11.2. The topological polar surface area (TPSA) is 62.3 Å². The second kappa shape index (κ2) is 4.40. The molecule has 0 bridgehead atoms. The Kier molecular flexibility index (Phi) is 2.96. The summed E-state index contributed by atoms with van der Waals surface area (Å²) < 4.78 is 0. The zero-order chi connectivity index (χ0) is 11.5. The largest absolute Gasteiger partial charge is 0.294 e. The highest BCUT2D eigenvalue weighted by Crippen LogP contribution is 2.09. The summed E-state index contributed by atoms with van der Waals surface area (Å²) in [6.45, 7) is 3.10. The summed E-state index contributed by atoms with van der Waals surface area (Å²) in [6, 6.07) is 1.92. The fourth-order valence-electron chi connectivity index (χ4n) is 1.71. The van der Waals surface area contributed by atoms with Gasteiger partial charge in [0.15, 0.2) is 0 Å². The van der Waals surface area contributed by atoms with Crippen molar-refractivity contribution >= 4 is 11.8 Å². The molecule has 2 rings (SSSR count). The van der Waals surface area contributed by atoms with E-state index in [0.717, 1.165) is 11.1 Å². The summed E-state index contributed by atoms with van der Waals surface area (Å²) in [7, 11) is 0. The van der Waals surface area contributed by atoms with Gasteiger partial charge in [0.2, 0.25) is 11.8 Å². The van der Waals surface area contributed by atoms with Crippen LogP contribution in [-0.2, 0) is 16.1 Å². The quantitative estimate of drug-likeness (QED) is 0.703. The Hall–Kier alpha value is -1.75. The van der Waals surface area contributed by atoms with Gasteiger partial charge in [0.25, 0.3) is 0 Å². The first-order valence-corrected chi connectivity index (χ1v) is 5.09. The molecule has 16 heavy (non-hydrogen) atoms. The van der Waals surface area contributed by atoms with Crippen LogP contribution in [0.4, 0.5) is 0 Å². The Morgan fingerprint density at radius 2 is 2.06 bits per heavy atom. The van der Waals surface area contributed by atoms with Crippen molar-refractivity contribution in [3.63, 3.8) is 0 Å². The van der Waals surface area contributed by atoms with Crippen LogP contribution in [0.5, 0.6) is 0 Å². The first-order chi connectivity index (χ1) is 7.65. The number of hydrogen-bond acceptors (Lipinski definition) is 4. The zero-order valence-corrected chi connectivity index (χ0v) is 9.06. The number of hydrogen-bond donors (Lipinski definition) is 1. The van der Waals surface area contributed by atoms with E-state index >= 15 is 0 Å². The molecule has 2 amide bonds. The standard InChI is InChI=1S/C11H13N3O2/c1-8-2-3-12-4-9(8)5-14-6-10(15)13-11(16)7-14/h2-4H,5-7H2,1H3,(H,13,15,16). The van der Waals surface area contributed by atoms with Crippen LogP contribution in [-0.4, -0.2) is 34.8 Å². The minimum atomic E-state index is -0.238. The molecule has 0 aliphatic carbocycles. The van der Waals surface area contributed by atoms with Crippen LogP contribution in [0.3, 0.4) is 0 Å². The molecule has 2 heterocycles. The molecule has 1 aliphatic rings. The van der Waals surface area contributed by atoms with Crippen molar-refractivity contribution in [1.82, 2.24) is 15.2 Å². The van der Waals surface area contributed by atoms with Crippen molar-refractivity contribution in [2.45, 2.75) is 13.5 Å². The fourth-order valence-corrected chi connectivity index (χ4v) is 1.71. The third-order valence-corrected chi connectivity index (χ3v) is 2.55. The van der Waals surface area contributed by atoms with Crippen molar-refractivity contribution in [3.05, 3.63) is 29.6 Å². The smallest absolute Gasteiger partial charge is 0.240 e. The SMILES string of the molecule is Cc1ccncc1CN1CC(=O)NC(=O)C1. The van der Waals surface area contributed by atoms with Gasteiger partial charge in [-0.3, -0.25) is 24.8 Å². The summed E-state index contributed by atoms with van der Waals surface area (Å²) in [5.74, 6) is -0.476. The molecule has 5 nitrogen and oxygen atoms in total. The highest BCUT2D eigenvalue weighted by Gasteiger charge is 2.22. The number of aryl methyl sites for hydroxylation is 1. The van der Waals surface area contributed by atoms with Crippen LogP contribution in [0.25, 0.3) is 0 Å². The number of carbonyl (C=O) groups is 2. The number of nitrogens with zero attached hydrogens (tertiary/aromatic N) is 2. The number of imide groups is 1. The number of carbonyl (C=O) groups excluding carboxylic acids is 2. The van der Waals surface area contributed by atoms with Crippen LogP contribution >= 0.6 is 0 Å². The normalized spacial score (nSPS) is 17.3. The fraction of sp³-hybridized carbons (Fsp3) is 0.364. The average molecular weight is 219 g/mol. The highest BCUT2D eigenvalue weighted by atomic mass is 16.2. The van der Waals surface area contributed by atoms with E-state index < -0.39 is 0 Å². The van der Waals surface area contributed by atoms with E-state index in [4.69, 9.17) is 0 Å². The molecule has 1 aromatic rings. The Morgan fingerprint density at radius 1 is 1.38 bits per heavy atom. The van der Waals surface area contributed by atoms with Crippen LogP contribution in [0, 0.1) is 6.92 Å². The molecule has 1 N–H and O–H groups in total. The maximum Gasteiger partial charge on any atom is 0.240 e. The number of nitrogens with one attached hydrogen (secondary N) is 1. The van der Waals surface area contributed by atoms with Gasteiger partial charge in [-0.2, -0.15) is 0 Å². The lowest BCUT2D eigenvalue weighted by atomic mass is 10.1. The zero-order valence-electron chi connectivity index (χ0n) is 9.06. The summed E-state index contributed by atoms with van der Waals surface area (Å²) in [4.78, 5) is 28.2. The molecule has 5 heteroatoms. The molecular weight excluding hydrogens is 206 g/mol. The molecule has 1 aliphatic heterocycles. The summed E-state index contributed by atoms with van der Waals surface area (Å²) >= 11 is 0. The minimum absolute atomic E-state index is 0.238.